The third kappa shape index (κ3) is 2.91. The molecule has 0 fully saturated rings. The van der Waals surface area contributed by atoms with Gasteiger partial charge in [-0.15, -0.1) is 0 Å². The van der Waals surface area contributed by atoms with E-state index in [0.717, 1.165) is 23.6 Å². The van der Waals surface area contributed by atoms with E-state index in [9.17, 15) is 4.79 Å². The van der Waals surface area contributed by atoms with E-state index in [4.69, 9.17) is 14.7 Å². The Balaban J connectivity index is 2.16. The van der Waals surface area contributed by atoms with Gasteiger partial charge in [-0.2, -0.15) is 0 Å². The lowest BCUT2D eigenvalue weighted by Crippen LogP contribution is -2.29. The highest BCUT2D eigenvalue weighted by molar-refractivity contribution is 5.93. The fourth-order valence-corrected chi connectivity index (χ4v) is 2.69. The Morgan fingerprint density at radius 2 is 2.12 bits per heavy atom. The van der Waals surface area contributed by atoms with Crippen molar-refractivity contribution in [3.8, 4) is 0 Å². The second-order valence-electron chi connectivity index (χ2n) is 6.21. The Bertz CT molecular complexity index is 801. The van der Waals surface area contributed by atoms with Crippen LogP contribution in [0.25, 0.3) is 11.0 Å². The number of nitrogens with zero attached hydrogens (tertiary/aromatic N) is 3. The maximum Gasteiger partial charge on any atom is 0.337 e. The van der Waals surface area contributed by atoms with Gasteiger partial charge in [0.15, 0.2) is 5.82 Å². The largest absolute Gasteiger partial charge is 0.465 e. The molecule has 1 aromatic heterocycles. The molecule has 6 nitrogen and oxygen atoms in total. The molecule has 0 saturated heterocycles. The second-order valence-corrected chi connectivity index (χ2v) is 6.21. The maximum atomic E-state index is 11.8. The van der Waals surface area contributed by atoms with E-state index >= 15 is 0 Å². The van der Waals surface area contributed by atoms with Crippen LogP contribution in [0.5, 0.6) is 0 Å². The third-order valence-corrected chi connectivity index (χ3v) is 4.34. The van der Waals surface area contributed by atoms with Gasteiger partial charge in [-0.05, 0) is 38.2 Å². The average molecular weight is 326 g/mol. The number of hydrogen-bond acceptors (Lipinski definition) is 6. The average Bonchev–Trinajstić information content (AvgIpc) is 3.13. The number of rotatable bonds is 4. The number of methoxy groups -OCH3 is 1. The molecule has 0 spiro atoms. The van der Waals surface area contributed by atoms with Crippen molar-refractivity contribution in [3.05, 3.63) is 41.7 Å². The molecular formula is C18H22N4O2. The molecule has 6 heteroatoms. The minimum atomic E-state index is -0.371. The first kappa shape index (κ1) is 16.2. The molecule has 1 unspecified atom stereocenters. The molecule has 0 aliphatic carbocycles. The van der Waals surface area contributed by atoms with Gasteiger partial charge in [-0.25, -0.2) is 14.8 Å². The number of ether oxygens (including phenoxy) is 1. The van der Waals surface area contributed by atoms with Gasteiger partial charge in [0.2, 0.25) is 0 Å². The number of hydrogen-bond donors (Lipinski definition) is 1. The number of fused-ring (bicyclic) bond motifs is 1. The predicted octanol–water partition coefficient (Wildman–Crippen LogP) is 2.46. The molecule has 2 aromatic rings. The summed E-state index contributed by atoms with van der Waals surface area (Å²) in [6.45, 7) is 5.05. The zero-order valence-corrected chi connectivity index (χ0v) is 14.4. The lowest BCUT2D eigenvalue weighted by atomic mass is 10.1. The van der Waals surface area contributed by atoms with Gasteiger partial charge in [0.25, 0.3) is 0 Å². The summed E-state index contributed by atoms with van der Waals surface area (Å²) in [6.07, 6.45) is 4.06. The van der Waals surface area contributed by atoms with E-state index in [2.05, 4.69) is 30.1 Å². The van der Waals surface area contributed by atoms with Gasteiger partial charge < -0.3 is 15.0 Å². The molecule has 0 saturated carbocycles. The Hall–Kier alpha value is -2.63. The third-order valence-electron chi connectivity index (χ3n) is 4.34. The van der Waals surface area contributed by atoms with Crippen molar-refractivity contribution in [2.75, 3.05) is 25.6 Å². The molecule has 1 N–H and O–H groups in total. The summed E-state index contributed by atoms with van der Waals surface area (Å²) >= 11 is 0. The van der Waals surface area contributed by atoms with E-state index in [1.165, 1.54) is 7.11 Å². The van der Waals surface area contributed by atoms with Crippen LogP contribution in [-0.4, -0.2) is 42.7 Å². The predicted molar refractivity (Wildman–Crippen MR) is 94.3 cm³/mol. The smallest absolute Gasteiger partial charge is 0.337 e. The van der Waals surface area contributed by atoms with E-state index in [0.29, 0.717) is 11.1 Å². The molecule has 3 rings (SSSR count). The molecule has 126 valence electrons. The Morgan fingerprint density at radius 3 is 2.75 bits per heavy atom. The number of anilines is 1. The van der Waals surface area contributed by atoms with Crippen molar-refractivity contribution < 1.29 is 9.53 Å². The number of carbonyl (C=O) groups excluding carboxylic acids is 1. The topological polar surface area (TPSA) is 67.3 Å². The van der Waals surface area contributed by atoms with Crippen LogP contribution < -0.4 is 10.2 Å². The molecule has 1 aliphatic rings. The van der Waals surface area contributed by atoms with Crippen molar-refractivity contribution in [1.82, 2.24) is 15.3 Å². The Kier molecular flexibility index (Phi) is 4.38. The molecular weight excluding hydrogens is 304 g/mol. The van der Waals surface area contributed by atoms with Crippen molar-refractivity contribution in [2.45, 2.75) is 25.8 Å². The quantitative estimate of drug-likeness (QED) is 0.871. The molecule has 1 aliphatic heterocycles. The summed E-state index contributed by atoms with van der Waals surface area (Å²) in [5.41, 5.74) is 2.90. The van der Waals surface area contributed by atoms with Gasteiger partial charge in [0.05, 0.1) is 29.4 Å². The van der Waals surface area contributed by atoms with Gasteiger partial charge >= 0.3 is 5.97 Å². The minimum Gasteiger partial charge on any atom is -0.465 e. The van der Waals surface area contributed by atoms with Crippen LogP contribution in [0.3, 0.4) is 0 Å². The number of nitrogens with one attached hydrogen (secondary N) is 1. The molecule has 0 radical (unpaired) electrons. The zero-order chi connectivity index (χ0) is 17.3. The van der Waals surface area contributed by atoms with Crippen LogP contribution in [0, 0.1) is 0 Å². The molecule has 24 heavy (non-hydrogen) atoms. The van der Waals surface area contributed by atoms with E-state index in [1.807, 2.05) is 19.3 Å². The van der Waals surface area contributed by atoms with Crippen LogP contribution in [0.2, 0.25) is 0 Å². The summed E-state index contributed by atoms with van der Waals surface area (Å²) in [5.74, 6) is 0.667. The van der Waals surface area contributed by atoms with Gasteiger partial charge in [-0.1, -0.05) is 6.08 Å². The number of carbonyl (C=O) groups is 1. The van der Waals surface area contributed by atoms with Crippen LogP contribution >= 0.6 is 0 Å². The highest BCUT2D eigenvalue weighted by atomic mass is 16.5. The number of benzene rings is 1. The fourth-order valence-electron chi connectivity index (χ4n) is 2.69. The summed E-state index contributed by atoms with van der Waals surface area (Å²) < 4.78 is 4.79. The van der Waals surface area contributed by atoms with Gasteiger partial charge in [-0.3, -0.25) is 0 Å². The normalized spacial score (nSPS) is 16.5. The van der Waals surface area contributed by atoms with Crippen LogP contribution in [0.4, 0.5) is 5.82 Å². The van der Waals surface area contributed by atoms with E-state index < -0.39 is 0 Å². The standard InChI is InChI=1S/C18H22N4O2/c1-11(2)22(3)17-16(13-7-8-19-10-13)20-14-6-5-12(18(23)24-4)9-15(14)21-17/h5-9,11,13,19H,10H2,1-4H3. The minimum absolute atomic E-state index is 0.193. The monoisotopic (exact) mass is 326 g/mol. The summed E-state index contributed by atoms with van der Waals surface area (Å²) in [6, 6.07) is 5.57. The number of esters is 1. The lowest BCUT2D eigenvalue weighted by Gasteiger charge is -2.26. The number of aromatic nitrogens is 2. The Morgan fingerprint density at radius 1 is 1.33 bits per heavy atom. The molecule has 1 atom stereocenters. The van der Waals surface area contributed by atoms with Crippen LogP contribution in [-0.2, 0) is 4.74 Å². The van der Waals surface area contributed by atoms with E-state index in [-0.39, 0.29) is 17.9 Å². The van der Waals surface area contributed by atoms with Gasteiger partial charge in [0.1, 0.15) is 0 Å². The summed E-state index contributed by atoms with van der Waals surface area (Å²) in [5, 5.41) is 3.22. The first-order chi connectivity index (χ1) is 11.5. The van der Waals surface area contributed by atoms with Crippen LogP contribution in [0.1, 0.15) is 35.8 Å². The molecule has 1 aromatic carbocycles. The van der Waals surface area contributed by atoms with Crippen molar-refractivity contribution in [1.29, 1.82) is 0 Å². The highest BCUT2D eigenvalue weighted by Crippen LogP contribution is 2.29. The summed E-state index contributed by atoms with van der Waals surface area (Å²) in [7, 11) is 3.39. The maximum absolute atomic E-state index is 11.8. The van der Waals surface area contributed by atoms with E-state index in [1.54, 1.807) is 12.1 Å². The summed E-state index contributed by atoms with van der Waals surface area (Å²) in [4.78, 5) is 23.5. The van der Waals surface area contributed by atoms with Gasteiger partial charge in [0, 0.05) is 25.6 Å². The SMILES string of the molecule is COC(=O)c1ccc2nc(C3C=CNC3)c(N(C)C(C)C)nc2c1. The zero-order valence-electron chi connectivity index (χ0n) is 14.4. The van der Waals surface area contributed by atoms with Crippen LogP contribution in [0.15, 0.2) is 30.5 Å². The Labute approximate surface area is 141 Å². The molecule has 0 amide bonds. The van der Waals surface area contributed by atoms with Crippen molar-refractivity contribution in [3.63, 3.8) is 0 Å². The lowest BCUT2D eigenvalue weighted by molar-refractivity contribution is 0.0601. The fraction of sp³-hybridized carbons (Fsp3) is 0.389. The first-order valence-corrected chi connectivity index (χ1v) is 8.04. The van der Waals surface area contributed by atoms with Crippen molar-refractivity contribution >= 4 is 22.8 Å². The van der Waals surface area contributed by atoms with Crippen molar-refractivity contribution in [2.24, 2.45) is 0 Å². The first-order valence-electron chi connectivity index (χ1n) is 8.04. The molecule has 0 bridgehead atoms. The highest BCUT2D eigenvalue weighted by Gasteiger charge is 2.23. The molecule has 2 heterocycles. The second kappa shape index (κ2) is 6.47.